The minimum Gasteiger partial charge on any atom is -0.325 e. The Bertz CT molecular complexity index is 1140. The Morgan fingerprint density at radius 2 is 1.96 bits per heavy atom. The quantitative estimate of drug-likeness (QED) is 0.605. The number of anilines is 1. The Kier molecular flexibility index (Phi) is 4.14. The van der Waals surface area contributed by atoms with Crippen molar-refractivity contribution in [3.8, 4) is 10.6 Å². The van der Waals surface area contributed by atoms with Crippen LogP contribution in [0.3, 0.4) is 0 Å². The van der Waals surface area contributed by atoms with Crippen LogP contribution in [0.25, 0.3) is 21.6 Å². The monoisotopic (exact) mass is 364 g/mol. The molecule has 2 heterocycles. The van der Waals surface area contributed by atoms with E-state index in [1.54, 1.807) is 29.1 Å². The van der Waals surface area contributed by atoms with Crippen LogP contribution in [0.1, 0.15) is 0 Å². The van der Waals surface area contributed by atoms with Crippen LogP contribution in [0.5, 0.6) is 0 Å². The second kappa shape index (κ2) is 6.61. The van der Waals surface area contributed by atoms with E-state index < -0.39 is 0 Å². The van der Waals surface area contributed by atoms with E-state index in [-0.39, 0.29) is 18.1 Å². The lowest BCUT2D eigenvalue weighted by Gasteiger charge is -2.07. The third-order valence-corrected chi connectivity index (χ3v) is 5.00. The predicted octanol–water partition coefficient (Wildman–Crippen LogP) is 3.10. The fourth-order valence-electron chi connectivity index (χ4n) is 2.96. The van der Waals surface area contributed by atoms with E-state index in [1.807, 2.05) is 53.9 Å². The van der Waals surface area contributed by atoms with E-state index in [9.17, 15) is 9.59 Å². The number of para-hydroxylation sites is 2. The highest BCUT2D eigenvalue weighted by Crippen LogP contribution is 2.24. The van der Waals surface area contributed by atoms with Gasteiger partial charge in [0.2, 0.25) is 5.91 Å². The maximum absolute atomic E-state index is 12.5. The van der Waals surface area contributed by atoms with Crippen LogP contribution >= 0.6 is 11.3 Å². The molecule has 0 bridgehead atoms. The smallest absolute Gasteiger partial charge is 0.325 e. The van der Waals surface area contributed by atoms with Gasteiger partial charge in [0.1, 0.15) is 11.6 Å². The summed E-state index contributed by atoms with van der Waals surface area (Å²) in [5.41, 5.74) is 2.96. The van der Waals surface area contributed by atoms with Crippen LogP contribution < -0.4 is 11.0 Å². The summed E-state index contributed by atoms with van der Waals surface area (Å²) in [5.74, 6) is -0.250. The SMILES string of the molecule is Cn1c(=O)n(CC(=O)Nc2cccc(-c3nccs3)c2)c2ccccc21. The number of aromatic nitrogens is 3. The van der Waals surface area contributed by atoms with Gasteiger partial charge in [0.15, 0.2) is 0 Å². The summed E-state index contributed by atoms with van der Waals surface area (Å²) in [7, 11) is 1.70. The van der Waals surface area contributed by atoms with E-state index >= 15 is 0 Å². The third kappa shape index (κ3) is 2.93. The van der Waals surface area contributed by atoms with Crippen molar-refractivity contribution in [1.82, 2.24) is 14.1 Å². The second-order valence-corrected chi connectivity index (χ2v) is 6.78. The average Bonchev–Trinajstić information content (AvgIpc) is 3.26. The van der Waals surface area contributed by atoms with Gasteiger partial charge in [-0.1, -0.05) is 24.3 Å². The zero-order valence-corrected chi connectivity index (χ0v) is 14.9. The molecule has 0 spiro atoms. The van der Waals surface area contributed by atoms with Crippen molar-refractivity contribution in [2.24, 2.45) is 7.05 Å². The molecule has 0 saturated heterocycles. The molecule has 2 aromatic heterocycles. The Morgan fingerprint density at radius 3 is 2.73 bits per heavy atom. The number of nitrogens with zero attached hydrogens (tertiary/aromatic N) is 3. The maximum Gasteiger partial charge on any atom is 0.329 e. The topological polar surface area (TPSA) is 68.9 Å². The molecule has 0 fully saturated rings. The molecular formula is C19H16N4O2S. The van der Waals surface area contributed by atoms with Crippen LogP contribution in [0.4, 0.5) is 5.69 Å². The van der Waals surface area contributed by atoms with Crippen molar-refractivity contribution in [3.05, 3.63) is 70.6 Å². The first-order valence-corrected chi connectivity index (χ1v) is 8.95. The molecule has 26 heavy (non-hydrogen) atoms. The molecule has 0 aliphatic carbocycles. The van der Waals surface area contributed by atoms with Crippen molar-refractivity contribution in [2.75, 3.05) is 5.32 Å². The lowest BCUT2D eigenvalue weighted by atomic mass is 10.2. The van der Waals surface area contributed by atoms with Crippen LogP contribution in [0.15, 0.2) is 64.9 Å². The van der Waals surface area contributed by atoms with Crippen molar-refractivity contribution in [1.29, 1.82) is 0 Å². The number of amides is 1. The van der Waals surface area contributed by atoms with Crippen molar-refractivity contribution < 1.29 is 4.79 Å². The van der Waals surface area contributed by atoms with Gasteiger partial charge < -0.3 is 5.32 Å². The molecule has 0 unspecified atom stereocenters. The highest BCUT2D eigenvalue weighted by Gasteiger charge is 2.13. The number of benzene rings is 2. The zero-order valence-electron chi connectivity index (χ0n) is 14.0. The molecule has 0 aliphatic rings. The van der Waals surface area contributed by atoms with Gasteiger partial charge in [0.25, 0.3) is 0 Å². The summed E-state index contributed by atoms with van der Waals surface area (Å²) in [5, 5.41) is 5.67. The van der Waals surface area contributed by atoms with Gasteiger partial charge in [0.05, 0.1) is 11.0 Å². The summed E-state index contributed by atoms with van der Waals surface area (Å²) in [6.07, 6.45) is 1.75. The Labute approximate surface area is 153 Å². The first kappa shape index (κ1) is 16.3. The Balaban J connectivity index is 1.58. The molecule has 1 amide bonds. The number of imidazole rings is 1. The molecule has 4 rings (SSSR count). The lowest BCUT2D eigenvalue weighted by molar-refractivity contribution is -0.116. The summed E-state index contributed by atoms with van der Waals surface area (Å²) >= 11 is 1.54. The average molecular weight is 364 g/mol. The largest absolute Gasteiger partial charge is 0.329 e. The minimum absolute atomic E-state index is 0.0400. The van der Waals surface area contributed by atoms with Gasteiger partial charge in [-0.15, -0.1) is 11.3 Å². The predicted molar refractivity (Wildman–Crippen MR) is 103 cm³/mol. The number of thiazole rings is 1. The van der Waals surface area contributed by atoms with Gasteiger partial charge in [0, 0.05) is 29.9 Å². The fourth-order valence-corrected chi connectivity index (χ4v) is 3.59. The summed E-state index contributed by atoms with van der Waals surface area (Å²) in [4.78, 5) is 29.2. The molecule has 0 aliphatic heterocycles. The van der Waals surface area contributed by atoms with Crippen molar-refractivity contribution in [2.45, 2.75) is 6.54 Å². The standard InChI is InChI=1S/C19H16N4O2S/c1-22-15-7-2-3-8-16(15)23(19(22)25)12-17(24)21-14-6-4-5-13(11-14)18-20-9-10-26-18/h2-11H,12H2,1H3,(H,21,24). The molecular weight excluding hydrogens is 348 g/mol. The minimum atomic E-state index is -0.250. The number of hydrogen-bond donors (Lipinski definition) is 1. The lowest BCUT2D eigenvalue weighted by Crippen LogP contribution is -2.28. The van der Waals surface area contributed by atoms with Crippen LogP contribution in [0, 0.1) is 0 Å². The molecule has 0 saturated carbocycles. The summed E-state index contributed by atoms with van der Waals surface area (Å²) in [6, 6.07) is 14.9. The highest BCUT2D eigenvalue weighted by molar-refractivity contribution is 7.13. The molecule has 0 atom stereocenters. The molecule has 7 heteroatoms. The van der Waals surface area contributed by atoms with E-state index in [0.717, 1.165) is 21.6 Å². The number of fused-ring (bicyclic) bond motifs is 1. The number of rotatable bonds is 4. The molecule has 6 nitrogen and oxygen atoms in total. The molecule has 4 aromatic rings. The van der Waals surface area contributed by atoms with Crippen molar-refractivity contribution >= 4 is 34.0 Å². The zero-order chi connectivity index (χ0) is 18.1. The third-order valence-electron chi connectivity index (χ3n) is 4.18. The van der Waals surface area contributed by atoms with Gasteiger partial charge in [-0.05, 0) is 24.3 Å². The molecule has 0 radical (unpaired) electrons. The van der Waals surface area contributed by atoms with E-state index in [0.29, 0.717) is 5.69 Å². The first-order valence-electron chi connectivity index (χ1n) is 8.07. The van der Waals surface area contributed by atoms with Gasteiger partial charge in [-0.2, -0.15) is 0 Å². The first-order chi connectivity index (χ1) is 12.6. The van der Waals surface area contributed by atoms with Gasteiger partial charge in [-0.25, -0.2) is 9.78 Å². The number of aryl methyl sites for hydroxylation is 1. The summed E-state index contributed by atoms with van der Waals surface area (Å²) in [6.45, 7) is -0.0400. The van der Waals surface area contributed by atoms with Gasteiger partial charge in [-0.3, -0.25) is 13.9 Å². The number of hydrogen-bond acceptors (Lipinski definition) is 4. The fraction of sp³-hybridized carbons (Fsp3) is 0.105. The second-order valence-electron chi connectivity index (χ2n) is 5.88. The van der Waals surface area contributed by atoms with Crippen molar-refractivity contribution in [3.63, 3.8) is 0 Å². The Morgan fingerprint density at radius 1 is 1.15 bits per heavy atom. The van der Waals surface area contributed by atoms with Crippen LogP contribution in [-0.4, -0.2) is 20.0 Å². The molecule has 1 N–H and O–H groups in total. The molecule has 2 aromatic carbocycles. The van der Waals surface area contributed by atoms with Gasteiger partial charge >= 0.3 is 5.69 Å². The number of carbonyl (C=O) groups is 1. The number of nitrogens with one attached hydrogen (secondary N) is 1. The summed E-state index contributed by atoms with van der Waals surface area (Å²) < 4.78 is 3.03. The van der Waals surface area contributed by atoms with E-state index in [2.05, 4.69) is 10.3 Å². The van der Waals surface area contributed by atoms with E-state index in [4.69, 9.17) is 0 Å². The van der Waals surface area contributed by atoms with Crippen LogP contribution in [0.2, 0.25) is 0 Å². The number of carbonyl (C=O) groups excluding carboxylic acids is 1. The van der Waals surface area contributed by atoms with E-state index in [1.165, 1.54) is 4.57 Å². The Hall–Kier alpha value is -3.19. The van der Waals surface area contributed by atoms with Crippen LogP contribution in [-0.2, 0) is 18.4 Å². The molecule has 130 valence electrons. The normalized spacial score (nSPS) is 11.0. The maximum atomic E-state index is 12.5. The highest BCUT2D eigenvalue weighted by atomic mass is 32.1.